The van der Waals surface area contributed by atoms with Crippen molar-refractivity contribution in [2.24, 2.45) is 5.73 Å². The Morgan fingerprint density at radius 2 is 1.85 bits per heavy atom. The molecule has 0 bridgehead atoms. The molecule has 1 aromatic rings. The van der Waals surface area contributed by atoms with Gasteiger partial charge in [0.15, 0.2) is 0 Å². The van der Waals surface area contributed by atoms with Crippen LogP contribution in [0, 0.1) is 6.92 Å². The molecule has 0 spiro atoms. The van der Waals surface area contributed by atoms with Crippen molar-refractivity contribution in [3.63, 3.8) is 0 Å². The molecule has 0 radical (unpaired) electrons. The Hall–Kier alpha value is -1.88. The molecular weight excluding hydrogens is 254 g/mol. The van der Waals surface area contributed by atoms with Gasteiger partial charge in [-0.1, -0.05) is 19.9 Å². The lowest BCUT2D eigenvalue weighted by molar-refractivity contribution is -0.121. The van der Waals surface area contributed by atoms with Crippen LogP contribution in [0.4, 0.5) is 5.69 Å². The Labute approximate surface area is 119 Å². The van der Waals surface area contributed by atoms with Gasteiger partial charge in [0.05, 0.1) is 5.54 Å². The van der Waals surface area contributed by atoms with Gasteiger partial charge in [-0.2, -0.15) is 0 Å². The summed E-state index contributed by atoms with van der Waals surface area (Å²) < 4.78 is 0. The average Bonchev–Trinajstić information content (AvgIpc) is 2.47. The third-order valence-corrected chi connectivity index (χ3v) is 3.77. The van der Waals surface area contributed by atoms with E-state index < -0.39 is 5.54 Å². The van der Waals surface area contributed by atoms with E-state index >= 15 is 0 Å². The highest BCUT2D eigenvalue weighted by molar-refractivity contribution is 6.01. The summed E-state index contributed by atoms with van der Waals surface area (Å²) in [6.45, 7) is 5.57. The van der Waals surface area contributed by atoms with Crippen LogP contribution in [0.25, 0.3) is 0 Å². The highest BCUT2D eigenvalue weighted by atomic mass is 16.2. The first-order valence-electron chi connectivity index (χ1n) is 6.81. The molecule has 5 heteroatoms. The molecule has 0 aliphatic rings. The maximum atomic E-state index is 12.3. The first kappa shape index (κ1) is 16.2. The second-order valence-electron chi connectivity index (χ2n) is 4.87. The van der Waals surface area contributed by atoms with E-state index in [1.807, 2.05) is 13.8 Å². The van der Waals surface area contributed by atoms with Crippen molar-refractivity contribution < 1.29 is 9.59 Å². The quantitative estimate of drug-likeness (QED) is 0.767. The molecule has 0 heterocycles. The molecule has 110 valence electrons. The van der Waals surface area contributed by atoms with Gasteiger partial charge in [0, 0.05) is 18.3 Å². The van der Waals surface area contributed by atoms with Crippen molar-refractivity contribution in [2.75, 3.05) is 12.4 Å². The predicted octanol–water partition coefficient (Wildman–Crippen LogP) is 1.81. The lowest BCUT2D eigenvalue weighted by Crippen LogP contribution is -2.50. The standard InChI is InChI=1S/C15H23N3O2/c1-5-15(16,6-2)14(20)18-12-9-7-8-11(10(12)3)13(19)17-4/h7-9H,5-6,16H2,1-4H3,(H,17,19)(H,18,20). The van der Waals surface area contributed by atoms with Crippen molar-refractivity contribution >= 4 is 17.5 Å². The maximum Gasteiger partial charge on any atom is 0.251 e. The summed E-state index contributed by atoms with van der Waals surface area (Å²) in [5, 5.41) is 5.41. The van der Waals surface area contributed by atoms with Crippen LogP contribution in [-0.4, -0.2) is 24.4 Å². The van der Waals surface area contributed by atoms with E-state index in [0.29, 0.717) is 24.1 Å². The van der Waals surface area contributed by atoms with E-state index in [1.54, 1.807) is 32.2 Å². The number of carbonyl (C=O) groups is 2. The molecule has 20 heavy (non-hydrogen) atoms. The summed E-state index contributed by atoms with van der Waals surface area (Å²) in [5.74, 6) is -0.400. The number of hydrogen-bond acceptors (Lipinski definition) is 3. The van der Waals surface area contributed by atoms with Gasteiger partial charge in [0.2, 0.25) is 5.91 Å². The normalized spacial score (nSPS) is 11.1. The molecular formula is C15H23N3O2. The van der Waals surface area contributed by atoms with Crippen LogP contribution in [0.1, 0.15) is 42.6 Å². The largest absolute Gasteiger partial charge is 0.355 e. The molecule has 2 amide bonds. The van der Waals surface area contributed by atoms with Crippen LogP contribution < -0.4 is 16.4 Å². The predicted molar refractivity (Wildman–Crippen MR) is 80.7 cm³/mol. The average molecular weight is 277 g/mol. The number of anilines is 1. The van der Waals surface area contributed by atoms with Crippen molar-refractivity contribution in [3.8, 4) is 0 Å². The Kier molecular flexibility index (Phi) is 5.27. The van der Waals surface area contributed by atoms with E-state index in [-0.39, 0.29) is 11.8 Å². The van der Waals surface area contributed by atoms with Crippen LogP contribution in [0.2, 0.25) is 0 Å². The van der Waals surface area contributed by atoms with Crippen molar-refractivity contribution in [1.29, 1.82) is 0 Å². The zero-order valence-electron chi connectivity index (χ0n) is 12.5. The number of nitrogens with one attached hydrogen (secondary N) is 2. The zero-order chi connectivity index (χ0) is 15.3. The zero-order valence-corrected chi connectivity index (χ0v) is 12.5. The fraction of sp³-hybridized carbons (Fsp3) is 0.467. The number of benzene rings is 1. The SMILES string of the molecule is CCC(N)(CC)C(=O)Nc1cccc(C(=O)NC)c1C. The van der Waals surface area contributed by atoms with Crippen LogP contribution in [-0.2, 0) is 4.79 Å². The van der Waals surface area contributed by atoms with Gasteiger partial charge in [-0.05, 0) is 37.5 Å². The minimum Gasteiger partial charge on any atom is -0.355 e. The summed E-state index contributed by atoms with van der Waals surface area (Å²) >= 11 is 0. The Bertz CT molecular complexity index is 508. The van der Waals surface area contributed by atoms with Gasteiger partial charge in [-0.25, -0.2) is 0 Å². The number of nitrogens with two attached hydrogens (primary N) is 1. The van der Waals surface area contributed by atoms with Gasteiger partial charge in [-0.3, -0.25) is 9.59 Å². The van der Waals surface area contributed by atoms with E-state index in [0.717, 1.165) is 5.56 Å². The highest BCUT2D eigenvalue weighted by Gasteiger charge is 2.30. The van der Waals surface area contributed by atoms with Gasteiger partial charge in [-0.15, -0.1) is 0 Å². The molecule has 5 nitrogen and oxygen atoms in total. The second kappa shape index (κ2) is 6.52. The molecule has 0 atom stereocenters. The van der Waals surface area contributed by atoms with E-state index in [2.05, 4.69) is 10.6 Å². The fourth-order valence-electron chi connectivity index (χ4n) is 1.97. The Morgan fingerprint density at radius 3 is 2.35 bits per heavy atom. The molecule has 0 unspecified atom stereocenters. The summed E-state index contributed by atoms with van der Waals surface area (Å²) in [5.41, 5.74) is 7.08. The first-order valence-corrected chi connectivity index (χ1v) is 6.81. The maximum absolute atomic E-state index is 12.3. The minimum absolute atomic E-state index is 0.177. The fourth-order valence-corrected chi connectivity index (χ4v) is 1.97. The monoisotopic (exact) mass is 277 g/mol. The molecule has 0 aromatic heterocycles. The van der Waals surface area contributed by atoms with Gasteiger partial charge >= 0.3 is 0 Å². The molecule has 4 N–H and O–H groups in total. The van der Waals surface area contributed by atoms with Crippen LogP contribution in [0.3, 0.4) is 0 Å². The first-order chi connectivity index (χ1) is 9.39. The van der Waals surface area contributed by atoms with Crippen LogP contribution >= 0.6 is 0 Å². The van der Waals surface area contributed by atoms with Gasteiger partial charge in [0.25, 0.3) is 5.91 Å². The smallest absolute Gasteiger partial charge is 0.251 e. The molecule has 0 fully saturated rings. The lowest BCUT2D eigenvalue weighted by Gasteiger charge is -2.25. The highest BCUT2D eigenvalue weighted by Crippen LogP contribution is 2.21. The minimum atomic E-state index is -0.880. The third kappa shape index (κ3) is 3.17. The number of hydrogen-bond donors (Lipinski definition) is 3. The van der Waals surface area contributed by atoms with E-state index in [9.17, 15) is 9.59 Å². The van der Waals surface area contributed by atoms with E-state index in [1.165, 1.54) is 0 Å². The topological polar surface area (TPSA) is 84.2 Å². The van der Waals surface area contributed by atoms with E-state index in [4.69, 9.17) is 5.73 Å². The molecule has 0 saturated heterocycles. The van der Waals surface area contributed by atoms with Gasteiger partial charge < -0.3 is 16.4 Å². The number of carbonyl (C=O) groups excluding carboxylic acids is 2. The summed E-state index contributed by atoms with van der Waals surface area (Å²) in [7, 11) is 1.58. The van der Waals surface area contributed by atoms with Crippen molar-refractivity contribution in [1.82, 2.24) is 5.32 Å². The summed E-state index contributed by atoms with van der Waals surface area (Å²) in [6, 6.07) is 5.23. The second-order valence-corrected chi connectivity index (χ2v) is 4.87. The molecule has 1 aromatic carbocycles. The summed E-state index contributed by atoms with van der Waals surface area (Å²) in [4.78, 5) is 24.0. The van der Waals surface area contributed by atoms with Crippen LogP contribution in [0.5, 0.6) is 0 Å². The number of rotatable bonds is 5. The van der Waals surface area contributed by atoms with Gasteiger partial charge in [0.1, 0.15) is 0 Å². The molecule has 1 rings (SSSR count). The van der Waals surface area contributed by atoms with Crippen molar-refractivity contribution in [3.05, 3.63) is 29.3 Å². The lowest BCUT2D eigenvalue weighted by atomic mass is 9.93. The number of amides is 2. The third-order valence-electron chi connectivity index (χ3n) is 3.77. The summed E-state index contributed by atoms with van der Waals surface area (Å²) in [6.07, 6.45) is 1.12. The molecule has 0 aliphatic carbocycles. The molecule has 0 aliphatic heterocycles. The molecule has 0 saturated carbocycles. The Morgan fingerprint density at radius 1 is 1.25 bits per heavy atom. The van der Waals surface area contributed by atoms with Crippen LogP contribution in [0.15, 0.2) is 18.2 Å². The Balaban J connectivity index is 3.05. The van der Waals surface area contributed by atoms with Crippen molar-refractivity contribution in [2.45, 2.75) is 39.2 Å².